The van der Waals surface area contributed by atoms with E-state index in [0.717, 1.165) is 10.0 Å². The molecule has 0 aliphatic rings. The standard InChI is InChI=1S/C21H22BrN3O5/c1-13-8-9-18(16(22)10-13)30-12-20(27)25-24-14(2)11-19(26)23-17-7-5-4-6-15(17)21(28)29-3/h4-10H,11-12H2,1-3H3,(H,23,26)(H,25,27). The molecule has 0 radical (unpaired) electrons. The minimum Gasteiger partial charge on any atom is -0.483 e. The fraction of sp³-hybridized carbons (Fsp3) is 0.238. The number of hydrogen-bond acceptors (Lipinski definition) is 6. The van der Waals surface area contributed by atoms with E-state index in [1.54, 1.807) is 37.3 Å². The van der Waals surface area contributed by atoms with Gasteiger partial charge in [-0.15, -0.1) is 0 Å². The van der Waals surface area contributed by atoms with Gasteiger partial charge < -0.3 is 14.8 Å². The van der Waals surface area contributed by atoms with Gasteiger partial charge in [0.25, 0.3) is 5.91 Å². The summed E-state index contributed by atoms with van der Waals surface area (Å²) in [5.74, 6) is -0.858. The van der Waals surface area contributed by atoms with E-state index < -0.39 is 11.9 Å². The van der Waals surface area contributed by atoms with Crippen LogP contribution >= 0.6 is 15.9 Å². The molecule has 30 heavy (non-hydrogen) atoms. The minimum atomic E-state index is -0.552. The van der Waals surface area contributed by atoms with Crippen LogP contribution in [0.15, 0.2) is 52.0 Å². The highest BCUT2D eigenvalue weighted by Crippen LogP contribution is 2.25. The molecule has 0 saturated heterocycles. The van der Waals surface area contributed by atoms with E-state index in [1.807, 2.05) is 19.1 Å². The van der Waals surface area contributed by atoms with E-state index >= 15 is 0 Å². The monoisotopic (exact) mass is 475 g/mol. The average molecular weight is 476 g/mol. The lowest BCUT2D eigenvalue weighted by molar-refractivity contribution is -0.123. The Kier molecular flexibility index (Phi) is 8.54. The molecule has 0 bridgehead atoms. The number of methoxy groups -OCH3 is 1. The number of hydrogen-bond donors (Lipinski definition) is 2. The Hall–Kier alpha value is -3.20. The number of nitrogens with one attached hydrogen (secondary N) is 2. The van der Waals surface area contributed by atoms with Crippen LogP contribution in [0.3, 0.4) is 0 Å². The molecule has 0 aliphatic carbocycles. The molecule has 9 heteroatoms. The lowest BCUT2D eigenvalue weighted by Crippen LogP contribution is -2.26. The number of esters is 1. The van der Waals surface area contributed by atoms with Gasteiger partial charge in [0.15, 0.2) is 6.61 Å². The lowest BCUT2D eigenvalue weighted by atomic mass is 10.1. The first-order valence-corrected chi connectivity index (χ1v) is 9.77. The summed E-state index contributed by atoms with van der Waals surface area (Å²) in [4.78, 5) is 35.9. The zero-order chi connectivity index (χ0) is 22.1. The van der Waals surface area contributed by atoms with Gasteiger partial charge in [0.05, 0.1) is 29.3 Å². The summed E-state index contributed by atoms with van der Waals surface area (Å²) in [6.45, 7) is 3.32. The second kappa shape index (κ2) is 11.1. The number of carbonyl (C=O) groups is 3. The molecule has 2 aromatic carbocycles. The molecular weight excluding hydrogens is 454 g/mol. The number of rotatable bonds is 8. The van der Waals surface area contributed by atoms with Crippen molar-refractivity contribution < 1.29 is 23.9 Å². The molecule has 8 nitrogen and oxygen atoms in total. The first-order valence-electron chi connectivity index (χ1n) is 8.98. The summed E-state index contributed by atoms with van der Waals surface area (Å²) in [7, 11) is 1.27. The topological polar surface area (TPSA) is 106 Å². The van der Waals surface area contributed by atoms with Crippen molar-refractivity contribution in [3.8, 4) is 5.75 Å². The van der Waals surface area contributed by atoms with Crippen molar-refractivity contribution in [1.29, 1.82) is 0 Å². The molecule has 2 amide bonds. The number of aryl methyl sites for hydroxylation is 1. The fourth-order valence-corrected chi connectivity index (χ4v) is 3.01. The van der Waals surface area contributed by atoms with Crippen LogP contribution in [0.1, 0.15) is 29.3 Å². The summed E-state index contributed by atoms with van der Waals surface area (Å²) < 4.78 is 10.9. The smallest absolute Gasteiger partial charge is 0.339 e. The van der Waals surface area contributed by atoms with E-state index in [9.17, 15) is 14.4 Å². The van der Waals surface area contributed by atoms with E-state index in [0.29, 0.717) is 17.1 Å². The maximum absolute atomic E-state index is 12.2. The van der Waals surface area contributed by atoms with Gasteiger partial charge in [0.1, 0.15) is 5.75 Å². The Morgan fingerprint density at radius 1 is 1.10 bits per heavy atom. The van der Waals surface area contributed by atoms with E-state index in [2.05, 4.69) is 31.8 Å². The molecular formula is C21H22BrN3O5. The largest absolute Gasteiger partial charge is 0.483 e. The highest BCUT2D eigenvalue weighted by molar-refractivity contribution is 9.10. The van der Waals surface area contributed by atoms with Crippen LogP contribution in [-0.2, 0) is 14.3 Å². The van der Waals surface area contributed by atoms with E-state index in [1.165, 1.54) is 7.11 Å². The zero-order valence-electron chi connectivity index (χ0n) is 16.8. The van der Waals surface area contributed by atoms with E-state index in [-0.39, 0.29) is 24.5 Å². The molecule has 2 N–H and O–H groups in total. The number of halogens is 1. The molecule has 0 atom stereocenters. The second-order valence-corrected chi connectivity index (χ2v) is 7.22. The van der Waals surface area contributed by atoms with Crippen molar-refractivity contribution in [2.24, 2.45) is 5.10 Å². The minimum absolute atomic E-state index is 0.0693. The van der Waals surface area contributed by atoms with Gasteiger partial charge in [-0.1, -0.05) is 18.2 Å². The predicted molar refractivity (Wildman–Crippen MR) is 117 cm³/mol. The maximum atomic E-state index is 12.2. The molecule has 2 aromatic rings. The molecule has 0 aliphatic heterocycles. The number of benzene rings is 2. The Morgan fingerprint density at radius 3 is 2.53 bits per heavy atom. The molecule has 0 spiro atoms. The highest BCUT2D eigenvalue weighted by Gasteiger charge is 2.14. The van der Waals surface area contributed by atoms with Crippen molar-refractivity contribution in [3.63, 3.8) is 0 Å². The summed E-state index contributed by atoms with van der Waals surface area (Å²) >= 11 is 3.37. The molecule has 158 valence electrons. The van der Waals surface area contributed by atoms with Crippen molar-refractivity contribution >= 4 is 45.1 Å². The van der Waals surface area contributed by atoms with Crippen LogP contribution in [0.5, 0.6) is 5.75 Å². The summed E-state index contributed by atoms with van der Waals surface area (Å²) in [6, 6.07) is 12.0. The number of para-hydroxylation sites is 1. The predicted octanol–water partition coefficient (Wildman–Crippen LogP) is 3.44. The van der Waals surface area contributed by atoms with Crippen LogP contribution < -0.4 is 15.5 Å². The number of anilines is 1. The Labute approximate surface area is 182 Å². The second-order valence-electron chi connectivity index (χ2n) is 6.37. The Morgan fingerprint density at radius 2 is 1.83 bits per heavy atom. The number of hydrazone groups is 1. The molecule has 0 aromatic heterocycles. The van der Waals surface area contributed by atoms with E-state index in [4.69, 9.17) is 9.47 Å². The Balaban J connectivity index is 1.85. The van der Waals surface area contributed by atoms with Crippen LogP contribution in [0.2, 0.25) is 0 Å². The molecule has 0 heterocycles. The fourth-order valence-electron chi connectivity index (χ4n) is 2.40. The quantitative estimate of drug-likeness (QED) is 0.345. The van der Waals surface area contributed by atoms with Gasteiger partial charge in [-0.25, -0.2) is 10.2 Å². The highest BCUT2D eigenvalue weighted by atomic mass is 79.9. The van der Waals surface area contributed by atoms with Crippen LogP contribution in [0.25, 0.3) is 0 Å². The Bertz CT molecular complexity index is 975. The summed E-state index contributed by atoms with van der Waals surface area (Å²) in [5.41, 5.74) is 4.37. The first-order chi connectivity index (χ1) is 14.3. The number of ether oxygens (including phenoxy) is 2. The third kappa shape index (κ3) is 7.00. The van der Waals surface area contributed by atoms with Crippen molar-refractivity contribution in [2.75, 3.05) is 19.0 Å². The third-order valence-electron chi connectivity index (χ3n) is 3.84. The third-order valence-corrected chi connectivity index (χ3v) is 4.46. The van der Waals surface area contributed by atoms with Crippen molar-refractivity contribution in [2.45, 2.75) is 20.3 Å². The molecule has 0 fully saturated rings. The summed E-state index contributed by atoms with van der Waals surface area (Å²) in [5, 5.41) is 6.54. The van der Waals surface area contributed by atoms with Gasteiger partial charge in [0.2, 0.25) is 5.91 Å². The van der Waals surface area contributed by atoms with Gasteiger partial charge in [0, 0.05) is 5.71 Å². The lowest BCUT2D eigenvalue weighted by Gasteiger charge is -2.10. The van der Waals surface area contributed by atoms with Crippen LogP contribution in [0.4, 0.5) is 5.69 Å². The SMILES string of the molecule is COC(=O)c1ccccc1NC(=O)CC(C)=NNC(=O)COc1ccc(C)cc1Br. The van der Waals surface area contributed by atoms with Crippen molar-refractivity contribution in [1.82, 2.24) is 5.43 Å². The normalized spacial score (nSPS) is 10.9. The average Bonchev–Trinajstić information content (AvgIpc) is 2.71. The van der Waals surface area contributed by atoms with Gasteiger partial charge in [-0.2, -0.15) is 5.10 Å². The number of carbonyl (C=O) groups excluding carboxylic acids is 3. The van der Waals surface area contributed by atoms with Gasteiger partial charge in [-0.05, 0) is 59.6 Å². The first kappa shape index (κ1) is 23.1. The van der Waals surface area contributed by atoms with Crippen LogP contribution in [0, 0.1) is 6.92 Å². The van der Waals surface area contributed by atoms with Gasteiger partial charge >= 0.3 is 5.97 Å². The summed E-state index contributed by atoms with van der Waals surface area (Å²) in [6.07, 6.45) is -0.0693. The number of nitrogens with zero attached hydrogens (tertiary/aromatic N) is 1. The molecule has 0 saturated carbocycles. The van der Waals surface area contributed by atoms with Gasteiger partial charge in [-0.3, -0.25) is 9.59 Å². The maximum Gasteiger partial charge on any atom is 0.339 e. The number of amides is 2. The van der Waals surface area contributed by atoms with Crippen LogP contribution in [-0.4, -0.2) is 37.2 Å². The molecule has 0 unspecified atom stereocenters. The molecule has 2 rings (SSSR count). The van der Waals surface area contributed by atoms with Crippen molar-refractivity contribution in [3.05, 3.63) is 58.1 Å². The zero-order valence-corrected chi connectivity index (χ0v) is 18.4.